The molecule has 0 radical (unpaired) electrons. The number of hydrogen-bond acceptors (Lipinski definition) is 4. The van der Waals surface area contributed by atoms with Gasteiger partial charge in [0.2, 0.25) is 5.91 Å². The van der Waals surface area contributed by atoms with Crippen molar-refractivity contribution in [3.63, 3.8) is 0 Å². The Morgan fingerprint density at radius 2 is 2.11 bits per heavy atom. The molecule has 0 fully saturated rings. The lowest BCUT2D eigenvalue weighted by atomic mass is 10.2. The van der Waals surface area contributed by atoms with E-state index in [4.69, 9.17) is 9.84 Å². The molecule has 2 N–H and O–H groups in total. The van der Waals surface area contributed by atoms with Crippen LogP contribution in [0.2, 0.25) is 0 Å². The van der Waals surface area contributed by atoms with Crippen molar-refractivity contribution in [2.45, 2.75) is 17.1 Å². The van der Waals surface area contributed by atoms with Crippen LogP contribution in [0, 0.1) is 0 Å². The number of carbonyl (C=O) groups excluding carboxylic acids is 1. The van der Waals surface area contributed by atoms with E-state index in [1.807, 2.05) is 0 Å². The number of carbonyl (C=O) groups is 2. The number of thioether (sulfide) groups is 1. The van der Waals surface area contributed by atoms with E-state index < -0.39 is 5.97 Å². The summed E-state index contributed by atoms with van der Waals surface area (Å²) in [5, 5.41) is 11.4. The third-order valence-corrected chi connectivity index (χ3v) is 3.57. The van der Waals surface area contributed by atoms with E-state index in [1.54, 1.807) is 32.2 Å². The van der Waals surface area contributed by atoms with Gasteiger partial charge in [-0.05, 0) is 19.1 Å². The average molecular weight is 283 g/mol. The van der Waals surface area contributed by atoms with Gasteiger partial charge >= 0.3 is 5.97 Å². The summed E-state index contributed by atoms with van der Waals surface area (Å²) in [6, 6.07) is 6.65. The molecule has 1 aromatic carbocycles. The van der Waals surface area contributed by atoms with Gasteiger partial charge in [-0.15, -0.1) is 11.8 Å². The van der Waals surface area contributed by atoms with Gasteiger partial charge in [-0.1, -0.05) is 12.1 Å². The molecule has 0 aliphatic heterocycles. The molecule has 0 heterocycles. The molecule has 0 aromatic heterocycles. The first kappa shape index (κ1) is 15.5. The van der Waals surface area contributed by atoms with Crippen molar-refractivity contribution in [2.75, 3.05) is 20.3 Å². The van der Waals surface area contributed by atoms with Crippen LogP contribution in [0.3, 0.4) is 0 Å². The van der Waals surface area contributed by atoms with Crippen molar-refractivity contribution in [1.82, 2.24) is 5.32 Å². The molecule has 0 saturated carbocycles. The zero-order valence-electron chi connectivity index (χ0n) is 10.9. The van der Waals surface area contributed by atoms with Crippen LogP contribution in [0.15, 0.2) is 29.2 Å². The lowest BCUT2D eigenvalue weighted by molar-refractivity contribution is -0.120. The summed E-state index contributed by atoms with van der Waals surface area (Å²) >= 11 is 1.23. The Labute approximate surface area is 116 Å². The van der Waals surface area contributed by atoms with Gasteiger partial charge in [-0.25, -0.2) is 4.79 Å². The third-order valence-electron chi connectivity index (χ3n) is 2.40. The van der Waals surface area contributed by atoms with Crippen LogP contribution in [-0.2, 0) is 9.53 Å². The predicted octanol–water partition coefficient (Wildman–Crippen LogP) is 1.63. The molecule has 1 atom stereocenters. The van der Waals surface area contributed by atoms with E-state index in [0.29, 0.717) is 18.0 Å². The summed E-state index contributed by atoms with van der Waals surface area (Å²) in [5.74, 6) is -1.13. The summed E-state index contributed by atoms with van der Waals surface area (Å²) in [7, 11) is 1.56. The lowest BCUT2D eigenvalue weighted by Crippen LogP contribution is -2.33. The van der Waals surface area contributed by atoms with Crippen molar-refractivity contribution >= 4 is 23.6 Å². The molecule has 0 saturated heterocycles. The van der Waals surface area contributed by atoms with Crippen molar-refractivity contribution in [3.8, 4) is 0 Å². The van der Waals surface area contributed by atoms with Crippen molar-refractivity contribution < 1.29 is 19.4 Å². The Morgan fingerprint density at radius 1 is 1.42 bits per heavy atom. The number of nitrogens with one attached hydrogen (secondary N) is 1. The van der Waals surface area contributed by atoms with E-state index in [2.05, 4.69) is 5.32 Å². The minimum absolute atomic E-state index is 0.137. The van der Waals surface area contributed by atoms with E-state index >= 15 is 0 Å². The summed E-state index contributed by atoms with van der Waals surface area (Å²) in [6.45, 7) is 2.64. The van der Waals surface area contributed by atoms with Crippen LogP contribution in [0.4, 0.5) is 0 Å². The van der Waals surface area contributed by atoms with E-state index in [1.165, 1.54) is 17.8 Å². The van der Waals surface area contributed by atoms with Gasteiger partial charge < -0.3 is 15.2 Å². The number of carboxylic acid groups (broad SMARTS) is 1. The van der Waals surface area contributed by atoms with Crippen LogP contribution >= 0.6 is 11.8 Å². The zero-order chi connectivity index (χ0) is 14.3. The zero-order valence-corrected chi connectivity index (χ0v) is 11.7. The van der Waals surface area contributed by atoms with Crippen LogP contribution in [0.25, 0.3) is 0 Å². The molecule has 5 nitrogen and oxygen atoms in total. The number of hydrogen-bond donors (Lipinski definition) is 2. The number of carboxylic acids is 1. The Morgan fingerprint density at radius 3 is 2.74 bits per heavy atom. The fraction of sp³-hybridized carbons (Fsp3) is 0.385. The number of methoxy groups -OCH3 is 1. The largest absolute Gasteiger partial charge is 0.478 e. The summed E-state index contributed by atoms with van der Waals surface area (Å²) in [5.41, 5.74) is 0.212. The van der Waals surface area contributed by atoms with Crippen molar-refractivity contribution in [1.29, 1.82) is 0 Å². The first-order valence-electron chi connectivity index (χ1n) is 5.82. The second-order valence-electron chi connectivity index (χ2n) is 3.85. The van der Waals surface area contributed by atoms with E-state index in [0.717, 1.165) is 0 Å². The molecule has 0 bridgehead atoms. The minimum atomic E-state index is -0.991. The highest BCUT2D eigenvalue weighted by molar-refractivity contribution is 8.00. The van der Waals surface area contributed by atoms with Gasteiger partial charge in [-0.2, -0.15) is 0 Å². The molecule has 6 heteroatoms. The second kappa shape index (κ2) is 7.81. The smallest absolute Gasteiger partial charge is 0.336 e. The fourth-order valence-electron chi connectivity index (χ4n) is 1.41. The minimum Gasteiger partial charge on any atom is -0.478 e. The van der Waals surface area contributed by atoms with E-state index in [9.17, 15) is 9.59 Å². The standard InChI is InChI=1S/C13H17NO4S/c1-9(12(15)14-7-8-18-2)19-11-6-4-3-5-10(11)13(16)17/h3-6,9H,7-8H2,1-2H3,(H,14,15)(H,16,17). The number of benzene rings is 1. The molecule has 0 spiro atoms. The molecule has 104 valence electrons. The van der Waals surface area contributed by atoms with Crippen LogP contribution in [-0.4, -0.2) is 42.5 Å². The maximum absolute atomic E-state index is 11.8. The molecule has 1 rings (SSSR count). The summed E-state index contributed by atoms with van der Waals surface area (Å²) in [6.07, 6.45) is 0. The molecule has 19 heavy (non-hydrogen) atoms. The SMILES string of the molecule is COCCNC(=O)C(C)Sc1ccccc1C(=O)O. The van der Waals surface area contributed by atoms with Gasteiger partial charge in [-0.3, -0.25) is 4.79 Å². The van der Waals surface area contributed by atoms with Crippen LogP contribution in [0.1, 0.15) is 17.3 Å². The highest BCUT2D eigenvalue weighted by Crippen LogP contribution is 2.26. The van der Waals surface area contributed by atoms with Gasteiger partial charge in [0.15, 0.2) is 0 Å². The first-order chi connectivity index (χ1) is 9.06. The van der Waals surface area contributed by atoms with Gasteiger partial charge in [0.25, 0.3) is 0 Å². The van der Waals surface area contributed by atoms with Crippen molar-refractivity contribution in [3.05, 3.63) is 29.8 Å². The van der Waals surface area contributed by atoms with Crippen LogP contribution in [0.5, 0.6) is 0 Å². The Hall–Kier alpha value is -1.53. The maximum atomic E-state index is 11.8. The maximum Gasteiger partial charge on any atom is 0.336 e. The lowest BCUT2D eigenvalue weighted by Gasteiger charge is -2.13. The second-order valence-corrected chi connectivity index (χ2v) is 5.23. The van der Waals surface area contributed by atoms with E-state index in [-0.39, 0.29) is 16.7 Å². The number of rotatable bonds is 7. The Balaban J connectivity index is 2.63. The number of amides is 1. The highest BCUT2D eigenvalue weighted by atomic mass is 32.2. The van der Waals surface area contributed by atoms with Gasteiger partial charge in [0.05, 0.1) is 17.4 Å². The number of ether oxygens (including phenoxy) is 1. The van der Waals surface area contributed by atoms with Gasteiger partial charge in [0, 0.05) is 18.6 Å². The molecule has 1 aromatic rings. The topological polar surface area (TPSA) is 75.6 Å². The normalized spacial score (nSPS) is 11.9. The average Bonchev–Trinajstić information content (AvgIpc) is 2.39. The molecule has 0 aliphatic rings. The number of aromatic carboxylic acids is 1. The third kappa shape index (κ3) is 4.92. The Kier molecular flexibility index (Phi) is 6.38. The summed E-state index contributed by atoms with van der Waals surface area (Å²) in [4.78, 5) is 23.4. The molecule has 0 aliphatic carbocycles. The Bertz CT molecular complexity index is 450. The summed E-state index contributed by atoms with van der Waals surface area (Å²) < 4.78 is 4.84. The molecule has 1 amide bonds. The highest BCUT2D eigenvalue weighted by Gasteiger charge is 2.17. The monoisotopic (exact) mass is 283 g/mol. The van der Waals surface area contributed by atoms with Crippen molar-refractivity contribution in [2.24, 2.45) is 0 Å². The van der Waals surface area contributed by atoms with Gasteiger partial charge in [0.1, 0.15) is 0 Å². The molecule has 1 unspecified atom stereocenters. The quantitative estimate of drug-likeness (QED) is 0.587. The molecular formula is C13H17NO4S. The predicted molar refractivity (Wildman–Crippen MR) is 73.6 cm³/mol. The molecular weight excluding hydrogens is 266 g/mol. The first-order valence-corrected chi connectivity index (χ1v) is 6.70. The fourth-order valence-corrected chi connectivity index (χ4v) is 2.42. The van der Waals surface area contributed by atoms with Crippen LogP contribution < -0.4 is 5.32 Å².